The fourth-order valence-corrected chi connectivity index (χ4v) is 3.10. The first-order chi connectivity index (χ1) is 10.1. The van der Waals surface area contributed by atoms with Gasteiger partial charge in [-0.2, -0.15) is 0 Å². The lowest BCUT2D eigenvalue weighted by Crippen LogP contribution is -2.40. The molecule has 118 valence electrons. The quantitative estimate of drug-likeness (QED) is 0.568. The van der Waals surface area contributed by atoms with Gasteiger partial charge in [0.1, 0.15) is 6.61 Å². The maximum absolute atomic E-state index is 12.5. The summed E-state index contributed by atoms with van der Waals surface area (Å²) in [6.07, 6.45) is 8.52. The zero-order valence-electron chi connectivity index (χ0n) is 13.6. The van der Waals surface area contributed by atoms with Crippen LogP contribution in [0.1, 0.15) is 52.4 Å². The van der Waals surface area contributed by atoms with Crippen LogP contribution in [0.25, 0.3) is 0 Å². The molecule has 21 heavy (non-hydrogen) atoms. The largest absolute Gasteiger partial charge is 0.494 e. The zero-order valence-corrected chi connectivity index (χ0v) is 13.6. The molecule has 2 aliphatic rings. The highest BCUT2D eigenvalue weighted by molar-refractivity contribution is 5.79. The van der Waals surface area contributed by atoms with Crippen LogP contribution >= 0.6 is 0 Å². The van der Waals surface area contributed by atoms with Crippen molar-refractivity contribution in [2.75, 3.05) is 19.7 Å². The molecule has 0 bridgehead atoms. The molecular formula is C18H29NO2. The standard InChI is InChI=1S/C18H29NO2/c1-4-15(3)21-13-16-9-11-19(12-10-16)18(20)17-7-5-14(2)6-8-17/h9,14,17H,3-8,10-13H2,1-2H3. The molecule has 0 spiro atoms. The Morgan fingerprint density at radius 1 is 1.38 bits per heavy atom. The molecule has 1 aliphatic carbocycles. The van der Waals surface area contributed by atoms with Gasteiger partial charge in [0.2, 0.25) is 5.91 Å². The Morgan fingerprint density at radius 2 is 2.10 bits per heavy atom. The monoisotopic (exact) mass is 291 g/mol. The van der Waals surface area contributed by atoms with Crippen LogP contribution in [0, 0.1) is 11.8 Å². The van der Waals surface area contributed by atoms with Gasteiger partial charge < -0.3 is 9.64 Å². The van der Waals surface area contributed by atoms with E-state index in [4.69, 9.17) is 4.74 Å². The molecule has 3 heteroatoms. The second-order valence-electron chi connectivity index (χ2n) is 6.53. The Labute approximate surface area is 129 Å². The maximum Gasteiger partial charge on any atom is 0.225 e. The van der Waals surface area contributed by atoms with Gasteiger partial charge >= 0.3 is 0 Å². The van der Waals surface area contributed by atoms with Crippen molar-refractivity contribution in [1.29, 1.82) is 0 Å². The molecule has 0 aromatic rings. The summed E-state index contributed by atoms with van der Waals surface area (Å²) in [4.78, 5) is 14.6. The van der Waals surface area contributed by atoms with E-state index in [1.165, 1.54) is 18.4 Å². The molecule has 0 N–H and O–H groups in total. The molecule has 0 unspecified atom stereocenters. The maximum atomic E-state index is 12.5. The van der Waals surface area contributed by atoms with Crippen LogP contribution in [-0.4, -0.2) is 30.5 Å². The van der Waals surface area contributed by atoms with E-state index in [-0.39, 0.29) is 5.92 Å². The topological polar surface area (TPSA) is 29.5 Å². The minimum atomic E-state index is 0.271. The first kappa shape index (κ1) is 16.1. The van der Waals surface area contributed by atoms with Crippen molar-refractivity contribution in [3.05, 3.63) is 24.0 Å². The van der Waals surface area contributed by atoms with Crippen LogP contribution in [0.4, 0.5) is 0 Å². The third kappa shape index (κ3) is 4.62. The highest BCUT2D eigenvalue weighted by Gasteiger charge is 2.28. The summed E-state index contributed by atoms with van der Waals surface area (Å²) in [5, 5.41) is 0. The lowest BCUT2D eigenvalue weighted by molar-refractivity contribution is -0.136. The van der Waals surface area contributed by atoms with E-state index >= 15 is 0 Å². The number of allylic oxidation sites excluding steroid dienone is 1. The molecule has 0 radical (unpaired) electrons. The van der Waals surface area contributed by atoms with E-state index in [2.05, 4.69) is 19.6 Å². The molecule has 1 heterocycles. The average Bonchev–Trinajstić information content (AvgIpc) is 2.53. The van der Waals surface area contributed by atoms with Crippen LogP contribution in [0.3, 0.4) is 0 Å². The molecule has 0 aromatic carbocycles. The number of amides is 1. The molecule has 3 nitrogen and oxygen atoms in total. The minimum Gasteiger partial charge on any atom is -0.494 e. The summed E-state index contributed by atoms with van der Waals surface area (Å²) in [6, 6.07) is 0. The number of hydrogen-bond donors (Lipinski definition) is 0. The first-order valence-corrected chi connectivity index (χ1v) is 8.37. The third-order valence-electron chi connectivity index (χ3n) is 4.84. The zero-order chi connectivity index (χ0) is 15.2. The highest BCUT2D eigenvalue weighted by atomic mass is 16.5. The number of rotatable bonds is 5. The first-order valence-electron chi connectivity index (χ1n) is 8.37. The van der Waals surface area contributed by atoms with Crippen LogP contribution in [0.15, 0.2) is 24.0 Å². The van der Waals surface area contributed by atoms with Crippen molar-refractivity contribution in [3.63, 3.8) is 0 Å². The van der Waals surface area contributed by atoms with Crippen molar-refractivity contribution < 1.29 is 9.53 Å². The second-order valence-corrected chi connectivity index (χ2v) is 6.53. The Hall–Kier alpha value is -1.25. The fourth-order valence-electron chi connectivity index (χ4n) is 3.10. The van der Waals surface area contributed by atoms with Gasteiger partial charge in [-0.05, 0) is 43.6 Å². The SMILES string of the molecule is C=C(CC)OCC1=CCN(C(=O)C2CCC(C)CC2)CC1. The minimum absolute atomic E-state index is 0.271. The normalized spacial score (nSPS) is 26.2. The van der Waals surface area contributed by atoms with Crippen LogP contribution in [-0.2, 0) is 9.53 Å². The summed E-state index contributed by atoms with van der Waals surface area (Å²) < 4.78 is 5.59. The van der Waals surface area contributed by atoms with E-state index in [0.717, 1.165) is 50.4 Å². The summed E-state index contributed by atoms with van der Waals surface area (Å²) in [5.41, 5.74) is 1.30. The van der Waals surface area contributed by atoms with E-state index in [1.807, 2.05) is 11.8 Å². The van der Waals surface area contributed by atoms with E-state index < -0.39 is 0 Å². The Morgan fingerprint density at radius 3 is 2.67 bits per heavy atom. The smallest absolute Gasteiger partial charge is 0.225 e. The molecule has 2 rings (SSSR count). The van der Waals surface area contributed by atoms with Gasteiger partial charge in [0, 0.05) is 25.4 Å². The number of hydrogen-bond acceptors (Lipinski definition) is 2. The summed E-state index contributed by atoms with van der Waals surface area (Å²) >= 11 is 0. The van der Waals surface area contributed by atoms with Gasteiger partial charge in [0.05, 0.1) is 5.76 Å². The van der Waals surface area contributed by atoms with Gasteiger partial charge in [0.15, 0.2) is 0 Å². The Bertz CT molecular complexity index is 405. The molecule has 0 aromatic heterocycles. The van der Waals surface area contributed by atoms with E-state index in [9.17, 15) is 4.79 Å². The second kappa shape index (κ2) is 7.67. The van der Waals surface area contributed by atoms with Crippen LogP contribution in [0.5, 0.6) is 0 Å². The molecular weight excluding hydrogens is 262 g/mol. The van der Waals surface area contributed by atoms with Gasteiger partial charge in [-0.3, -0.25) is 4.79 Å². The summed E-state index contributed by atoms with van der Waals surface area (Å²) in [7, 11) is 0. The van der Waals surface area contributed by atoms with Crippen molar-refractivity contribution >= 4 is 5.91 Å². The van der Waals surface area contributed by atoms with Gasteiger partial charge in [-0.15, -0.1) is 0 Å². The third-order valence-corrected chi connectivity index (χ3v) is 4.84. The summed E-state index contributed by atoms with van der Waals surface area (Å²) in [5.74, 6) is 2.28. The van der Waals surface area contributed by atoms with Crippen molar-refractivity contribution in [2.24, 2.45) is 11.8 Å². The summed E-state index contributed by atoms with van der Waals surface area (Å²) in [6.45, 7) is 10.4. The lowest BCUT2D eigenvalue weighted by Gasteiger charge is -2.33. The van der Waals surface area contributed by atoms with Crippen molar-refractivity contribution in [2.45, 2.75) is 52.4 Å². The molecule has 0 atom stereocenters. The number of carbonyl (C=O) groups excluding carboxylic acids is 1. The molecule has 1 amide bonds. The Balaban J connectivity index is 1.78. The molecule has 1 saturated carbocycles. The molecule has 1 aliphatic heterocycles. The van der Waals surface area contributed by atoms with Crippen molar-refractivity contribution in [3.8, 4) is 0 Å². The predicted octanol–water partition coefficient (Wildman–Crippen LogP) is 3.91. The fraction of sp³-hybridized carbons (Fsp3) is 0.722. The van der Waals surface area contributed by atoms with Crippen molar-refractivity contribution in [1.82, 2.24) is 4.90 Å². The lowest BCUT2D eigenvalue weighted by atomic mass is 9.82. The Kier molecular flexibility index (Phi) is 5.89. The predicted molar refractivity (Wildman–Crippen MR) is 85.8 cm³/mol. The average molecular weight is 291 g/mol. The number of ether oxygens (including phenoxy) is 1. The van der Waals surface area contributed by atoms with Gasteiger partial charge in [-0.1, -0.05) is 26.5 Å². The van der Waals surface area contributed by atoms with E-state index in [0.29, 0.717) is 12.5 Å². The molecule has 0 saturated heterocycles. The van der Waals surface area contributed by atoms with Gasteiger partial charge in [-0.25, -0.2) is 0 Å². The van der Waals surface area contributed by atoms with Gasteiger partial charge in [0.25, 0.3) is 0 Å². The van der Waals surface area contributed by atoms with E-state index in [1.54, 1.807) is 0 Å². The highest BCUT2D eigenvalue weighted by Crippen LogP contribution is 2.30. The number of nitrogens with zero attached hydrogens (tertiary/aromatic N) is 1. The van der Waals surface area contributed by atoms with Crippen LogP contribution in [0.2, 0.25) is 0 Å². The molecule has 1 fully saturated rings. The van der Waals surface area contributed by atoms with Crippen LogP contribution < -0.4 is 0 Å². The number of carbonyl (C=O) groups is 1.